The van der Waals surface area contributed by atoms with Crippen molar-refractivity contribution in [2.45, 2.75) is 6.54 Å². The lowest BCUT2D eigenvalue weighted by Crippen LogP contribution is -2.27. The molecule has 0 bridgehead atoms. The average molecular weight is 310 g/mol. The van der Waals surface area contributed by atoms with Crippen molar-refractivity contribution in [3.05, 3.63) is 46.8 Å². The maximum atomic E-state index is 11.6. The number of nitrogens with zero attached hydrogens (tertiary/aromatic N) is 1. The third-order valence-corrected chi connectivity index (χ3v) is 2.73. The summed E-state index contributed by atoms with van der Waals surface area (Å²) < 4.78 is 5.87. The second-order valence-electron chi connectivity index (χ2n) is 3.64. The number of amides is 1. The Morgan fingerprint density at radius 2 is 2.06 bits per heavy atom. The summed E-state index contributed by atoms with van der Waals surface area (Å²) in [6.45, 7) is 0.699. The molecule has 94 valence electrons. The number of aromatic nitrogens is 1. The first kappa shape index (κ1) is 12.8. The Labute approximate surface area is 113 Å². The summed E-state index contributed by atoms with van der Waals surface area (Å²) in [6.07, 6.45) is 1.57. The number of anilines is 1. The molecule has 1 aromatic carbocycles. The summed E-state index contributed by atoms with van der Waals surface area (Å²) in [6, 6.07) is 9.16. The van der Waals surface area contributed by atoms with Crippen molar-refractivity contribution in [2.75, 3.05) is 11.9 Å². The van der Waals surface area contributed by atoms with Crippen LogP contribution in [0.25, 0.3) is 0 Å². The van der Waals surface area contributed by atoms with Crippen LogP contribution in [0.4, 0.5) is 5.69 Å². The molecule has 2 N–H and O–H groups in total. The van der Waals surface area contributed by atoms with Gasteiger partial charge in [-0.25, -0.2) is 0 Å². The van der Waals surface area contributed by atoms with Crippen LogP contribution in [0.2, 0.25) is 0 Å². The first-order valence-electron chi connectivity index (χ1n) is 5.40. The topological polar surface area (TPSA) is 67.2 Å². The van der Waals surface area contributed by atoms with Crippen molar-refractivity contribution in [3.8, 4) is 0 Å². The lowest BCUT2D eigenvalue weighted by molar-refractivity contribution is -0.115. The number of nitrogens with one attached hydrogen (secondary N) is 2. The molecule has 1 aromatic heterocycles. The fraction of sp³-hybridized carbons (Fsp3) is 0.167. The number of rotatable bonds is 5. The van der Waals surface area contributed by atoms with Crippen LogP contribution in [0.5, 0.6) is 0 Å². The highest BCUT2D eigenvalue weighted by molar-refractivity contribution is 9.10. The van der Waals surface area contributed by atoms with Crippen LogP contribution in [0.1, 0.15) is 5.76 Å². The van der Waals surface area contributed by atoms with Crippen molar-refractivity contribution in [1.82, 2.24) is 10.5 Å². The van der Waals surface area contributed by atoms with E-state index in [0.29, 0.717) is 12.3 Å². The van der Waals surface area contributed by atoms with Gasteiger partial charge in [0.25, 0.3) is 0 Å². The Morgan fingerprint density at radius 3 is 2.72 bits per heavy atom. The summed E-state index contributed by atoms with van der Waals surface area (Å²) in [7, 11) is 0. The van der Waals surface area contributed by atoms with Crippen LogP contribution < -0.4 is 10.6 Å². The normalized spacial score (nSPS) is 10.3. The molecule has 0 saturated carbocycles. The molecule has 0 saturated heterocycles. The van der Waals surface area contributed by atoms with Crippen molar-refractivity contribution in [2.24, 2.45) is 0 Å². The SMILES string of the molecule is O=C(CNCc1ccno1)Nc1ccc(Br)cc1. The standard InChI is InChI=1S/C12H12BrN3O2/c13-9-1-3-10(4-2-9)16-12(17)8-14-7-11-5-6-15-18-11/h1-6,14H,7-8H2,(H,16,17). The van der Waals surface area contributed by atoms with E-state index in [0.717, 1.165) is 10.2 Å². The lowest BCUT2D eigenvalue weighted by Gasteiger charge is -2.05. The van der Waals surface area contributed by atoms with E-state index in [1.807, 2.05) is 24.3 Å². The van der Waals surface area contributed by atoms with E-state index in [9.17, 15) is 4.79 Å². The van der Waals surface area contributed by atoms with Crippen molar-refractivity contribution >= 4 is 27.5 Å². The molecule has 0 aliphatic rings. The molecule has 0 unspecified atom stereocenters. The van der Waals surface area contributed by atoms with Crippen LogP contribution in [0, 0.1) is 0 Å². The van der Waals surface area contributed by atoms with E-state index in [1.165, 1.54) is 0 Å². The predicted octanol–water partition coefficient (Wildman–Crippen LogP) is 2.17. The Kier molecular flexibility index (Phi) is 4.49. The predicted molar refractivity (Wildman–Crippen MR) is 71.0 cm³/mol. The van der Waals surface area contributed by atoms with Gasteiger partial charge >= 0.3 is 0 Å². The molecule has 2 aromatic rings. The largest absolute Gasteiger partial charge is 0.360 e. The van der Waals surface area contributed by atoms with E-state index in [4.69, 9.17) is 4.52 Å². The molecule has 0 fully saturated rings. The summed E-state index contributed by atoms with van der Waals surface area (Å²) in [4.78, 5) is 11.6. The summed E-state index contributed by atoms with van der Waals surface area (Å²) in [5.41, 5.74) is 0.768. The first-order valence-corrected chi connectivity index (χ1v) is 6.19. The smallest absolute Gasteiger partial charge is 0.238 e. The minimum Gasteiger partial charge on any atom is -0.360 e. The highest BCUT2D eigenvalue weighted by Gasteiger charge is 2.03. The van der Waals surface area contributed by atoms with E-state index in [1.54, 1.807) is 12.3 Å². The van der Waals surface area contributed by atoms with Gasteiger partial charge in [0.2, 0.25) is 5.91 Å². The molecule has 1 amide bonds. The molecule has 6 heteroatoms. The van der Waals surface area contributed by atoms with E-state index < -0.39 is 0 Å². The molecule has 0 radical (unpaired) electrons. The number of hydrogen-bond acceptors (Lipinski definition) is 4. The number of benzene rings is 1. The van der Waals surface area contributed by atoms with Crippen molar-refractivity contribution in [1.29, 1.82) is 0 Å². The van der Waals surface area contributed by atoms with Gasteiger partial charge in [0, 0.05) is 16.2 Å². The minimum atomic E-state index is -0.100. The van der Waals surface area contributed by atoms with Gasteiger partial charge in [0.1, 0.15) is 5.76 Å². The second kappa shape index (κ2) is 6.32. The van der Waals surface area contributed by atoms with Gasteiger partial charge < -0.3 is 15.2 Å². The van der Waals surface area contributed by atoms with Crippen molar-refractivity contribution < 1.29 is 9.32 Å². The Morgan fingerprint density at radius 1 is 1.28 bits per heavy atom. The zero-order valence-electron chi connectivity index (χ0n) is 9.52. The monoisotopic (exact) mass is 309 g/mol. The molecular weight excluding hydrogens is 298 g/mol. The highest BCUT2D eigenvalue weighted by Crippen LogP contribution is 2.13. The maximum Gasteiger partial charge on any atom is 0.238 e. The Hall–Kier alpha value is -1.66. The highest BCUT2D eigenvalue weighted by atomic mass is 79.9. The van der Waals surface area contributed by atoms with Crippen LogP contribution in [-0.4, -0.2) is 17.6 Å². The molecule has 0 atom stereocenters. The number of halogens is 1. The molecule has 1 heterocycles. The Bertz CT molecular complexity index is 497. The van der Waals surface area contributed by atoms with Gasteiger partial charge in [0.05, 0.1) is 19.3 Å². The molecule has 18 heavy (non-hydrogen) atoms. The van der Waals surface area contributed by atoms with Gasteiger partial charge in [-0.15, -0.1) is 0 Å². The summed E-state index contributed by atoms with van der Waals surface area (Å²) >= 11 is 3.33. The average Bonchev–Trinajstić information content (AvgIpc) is 2.85. The quantitative estimate of drug-likeness (QED) is 0.888. The van der Waals surface area contributed by atoms with Crippen molar-refractivity contribution in [3.63, 3.8) is 0 Å². The van der Waals surface area contributed by atoms with Crippen LogP contribution in [-0.2, 0) is 11.3 Å². The van der Waals surface area contributed by atoms with Gasteiger partial charge in [-0.3, -0.25) is 4.79 Å². The van der Waals surface area contributed by atoms with E-state index in [-0.39, 0.29) is 12.5 Å². The first-order chi connectivity index (χ1) is 8.74. The molecule has 0 aliphatic carbocycles. The summed E-state index contributed by atoms with van der Waals surface area (Å²) in [5, 5.41) is 9.32. The molecule has 5 nitrogen and oxygen atoms in total. The zero-order chi connectivity index (χ0) is 12.8. The van der Waals surface area contributed by atoms with Crippen LogP contribution >= 0.6 is 15.9 Å². The maximum absolute atomic E-state index is 11.6. The summed E-state index contributed by atoms with van der Waals surface area (Å²) in [5.74, 6) is 0.600. The third kappa shape index (κ3) is 3.97. The third-order valence-electron chi connectivity index (χ3n) is 2.20. The molecular formula is C12H12BrN3O2. The Balaban J connectivity index is 1.73. The second-order valence-corrected chi connectivity index (χ2v) is 4.55. The van der Waals surface area contributed by atoms with Crippen LogP contribution in [0.15, 0.2) is 45.5 Å². The fourth-order valence-corrected chi connectivity index (χ4v) is 1.64. The van der Waals surface area contributed by atoms with Gasteiger partial charge in [-0.05, 0) is 24.3 Å². The van der Waals surface area contributed by atoms with Crippen LogP contribution in [0.3, 0.4) is 0 Å². The minimum absolute atomic E-state index is 0.100. The molecule has 0 aliphatic heterocycles. The van der Waals surface area contributed by atoms with Gasteiger partial charge in [0.15, 0.2) is 0 Å². The molecule has 2 rings (SSSR count). The van der Waals surface area contributed by atoms with Gasteiger partial charge in [-0.2, -0.15) is 0 Å². The number of carbonyl (C=O) groups excluding carboxylic acids is 1. The van der Waals surface area contributed by atoms with E-state index in [2.05, 4.69) is 31.7 Å². The fourth-order valence-electron chi connectivity index (χ4n) is 1.37. The number of hydrogen-bond donors (Lipinski definition) is 2. The number of carbonyl (C=O) groups is 1. The molecule has 0 spiro atoms. The van der Waals surface area contributed by atoms with Gasteiger partial charge in [-0.1, -0.05) is 21.1 Å². The lowest BCUT2D eigenvalue weighted by atomic mass is 10.3. The van der Waals surface area contributed by atoms with E-state index >= 15 is 0 Å². The zero-order valence-corrected chi connectivity index (χ0v) is 11.1.